The highest BCUT2D eigenvalue weighted by Crippen LogP contribution is 2.50. The minimum absolute atomic E-state index is 0.170. The van der Waals surface area contributed by atoms with Crippen LogP contribution in [0.25, 0.3) is 0 Å². The van der Waals surface area contributed by atoms with Crippen LogP contribution in [0.1, 0.15) is 126 Å². The highest BCUT2D eigenvalue weighted by Gasteiger charge is 2.58. The van der Waals surface area contributed by atoms with Crippen LogP contribution in [0.4, 0.5) is 0 Å². The van der Waals surface area contributed by atoms with E-state index in [2.05, 4.69) is 76.7 Å². The molecule has 5 saturated heterocycles. The summed E-state index contributed by atoms with van der Waals surface area (Å²) >= 11 is 0. The van der Waals surface area contributed by atoms with Gasteiger partial charge in [0.15, 0.2) is 0 Å². The molecule has 0 amide bonds. The molecule has 6 rings (SSSR count). The Kier molecular flexibility index (Phi) is 11.3. The predicted octanol–water partition coefficient (Wildman–Crippen LogP) is 6.12. The fourth-order valence-electron chi connectivity index (χ4n) is 12.5. The van der Waals surface area contributed by atoms with Gasteiger partial charge in [-0.25, -0.2) is 0 Å². The largest absolute Gasteiger partial charge is 0.393 e. The summed E-state index contributed by atoms with van der Waals surface area (Å²) in [6.45, 7) is 20.5. The summed E-state index contributed by atoms with van der Waals surface area (Å²) in [5.74, 6) is 5.34. The van der Waals surface area contributed by atoms with Crippen LogP contribution in [-0.2, 0) is 4.74 Å². The van der Waals surface area contributed by atoms with Gasteiger partial charge in [-0.05, 0) is 86.9 Å². The summed E-state index contributed by atoms with van der Waals surface area (Å²) in [5, 5.41) is 28.7. The van der Waals surface area contributed by atoms with E-state index in [-0.39, 0.29) is 12.2 Å². The summed E-state index contributed by atoms with van der Waals surface area (Å²) in [7, 11) is 0. The van der Waals surface area contributed by atoms with E-state index in [4.69, 9.17) is 4.74 Å². The molecule has 6 fully saturated rings. The summed E-state index contributed by atoms with van der Waals surface area (Å²) in [6, 6.07) is 4.09. The zero-order valence-corrected chi connectivity index (χ0v) is 30.3. The van der Waals surface area contributed by atoms with Gasteiger partial charge < -0.3 is 31.1 Å². The molecule has 5 N–H and O–H groups in total. The zero-order chi connectivity index (χ0) is 32.0. The molecule has 8 bridgehead atoms. The normalized spacial score (nSPS) is 51.7. The maximum absolute atomic E-state index is 11.6. The maximum atomic E-state index is 11.6. The van der Waals surface area contributed by atoms with E-state index >= 15 is 0 Å². The van der Waals surface area contributed by atoms with E-state index in [9.17, 15) is 5.11 Å². The first-order valence-electron chi connectivity index (χ1n) is 20.0. The Bertz CT molecular complexity index is 950. The van der Waals surface area contributed by atoms with Gasteiger partial charge in [0.2, 0.25) is 0 Å². The van der Waals surface area contributed by atoms with Crippen molar-refractivity contribution in [3.8, 4) is 0 Å². The van der Waals surface area contributed by atoms with Gasteiger partial charge in [0.05, 0.1) is 12.2 Å². The van der Waals surface area contributed by atoms with Gasteiger partial charge in [-0.3, -0.25) is 0 Å². The van der Waals surface area contributed by atoms with E-state index in [1.54, 1.807) is 0 Å². The fourth-order valence-corrected chi connectivity index (χ4v) is 12.5. The predicted molar refractivity (Wildman–Crippen MR) is 186 cm³/mol. The van der Waals surface area contributed by atoms with Crippen molar-refractivity contribution in [2.24, 2.45) is 53.3 Å². The molecule has 6 nitrogen and oxygen atoms in total. The quantitative estimate of drug-likeness (QED) is 0.188. The highest BCUT2D eigenvalue weighted by molar-refractivity contribution is 5.14. The number of nitrogens with one attached hydrogen (secondary N) is 4. The molecule has 0 aromatic rings. The van der Waals surface area contributed by atoms with Crippen molar-refractivity contribution in [3.63, 3.8) is 0 Å². The Morgan fingerprint density at radius 2 is 1.27 bits per heavy atom. The molecule has 0 aromatic carbocycles. The third kappa shape index (κ3) is 6.57. The van der Waals surface area contributed by atoms with Crippen molar-refractivity contribution in [2.75, 3.05) is 6.61 Å². The van der Waals surface area contributed by atoms with Crippen LogP contribution in [0.3, 0.4) is 0 Å². The van der Waals surface area contributed by atoms with Crippen LogP contribution in [-0.4, -0.2) is 72.3 Å². The standard InChI is InChI=1S/C39H72N4O2/c1-9-12-13-14-16-45-25(8)36-23(6)31-18-30-22(5)27(15-10-2)38(42-30)28-17-35(44)37-24(7)32(43-39(28)37)19-33-26(11-3)21(4)29(40-33)20-34(36)41-31/h21-44H,9-20H2,1-8H3. The molecular formula is C39H72N4O2. The van der Waals surface area contributed by atoms with Gasteiger partial charge in [-0.2, -0.15) is 0 Å². The molecule has 0 spiro atoms. The third-order valence-corrected chi connectivity index (χ3v) is 15.0. The second-order valence-electron chi connectivity index (χ2n) is 17.3. The number of hydrogen-bond donors (Lipinski definition) is 5. The molecule has 1 aliphatic carbocycles. The van der Waals surface area contributed by atoms with Crippen molar-refractivity contribution in [3.05, 3.63) is 0 Å². The highest BCUT2D eigenvalue weighted by atomic mass is 16.5. The first kappa shape index (κ1) is 34.6. The van der Waals surface area contributed by atoms with E-state index in [0.717, 1.165) is 13.0 Å². The monoisotopic (exact) mass is 629 g/mol. The lowest BCUT2D eigenvalue weighted by Crippen LogP contribution is -2.48. The van der Waals surface area contributed by atoms with Gasteiger partial charge in [0.25, 0.3) is 0 Å². The Labute approximate surface area is 277 Å². The lowest BCUT2D eigenvalue weighted by Gasteiger charge is -2.32. The lowest BCUT2D eigenvalue weighted by molar-refractivity contribution is 0.00388. The summed E-state index contributed by atoms with van der Waals surface area (Å²) in [4.78, 5) is 0. The van der Waals surface area contributed by atoms with Crippen molar-refractivity contribution in [1.29, 1.82) is 0 Å². The number of ether oxygens (including phenoxy) is 1. The SMILES string of the molecule is CCCCCCOC(C)C1C2CC3NC(CC4NC5C(CC(O)C5C4C)C4NC(CC(N2)C1C)C(C)C4CCC)C(CC)C3C. The van der Waals surface area contributed by atoms with Crippen LogP contribution in [0.2, 0.25) is 0 Å². The molecular weight excluding hydrogens is 556 g/mol. The third-order valence-electron chi connectivity index (χ3n) is 15.0. The molecule has 6 aliphatic rings. The van der Waals surface area contributed by atoms with Gasteiger partial charge in [-0.1, -0.05) is 80.6 Å². The first-order valence-corrected chi connectivity index (χ1v) is 20.0. The molecule has 6 heteroatoms. The molecule has 5 heterocycles. The van der Waals surface area contributed by atoms with Crippen molar-refractivity contribution < 1.29 is 9.84 Å². The van der Waals surface area contributed by atoms with Crippen LogP contribution in [0, 0.1) is 53.3 Å². The zero-order valence-electron chi connectivity index (χ0n) is 30.3. The van der Waals surface area contributed by atoms with E-state index in [1.165, 1.54) is 64.2 Å². The van der Waals surface area contributed by atoms with Gasteiger partial charge in [-0.15, -0.1) is 0 Å². The van der Waals surface area contributed by atoms with Crippen LogP contribution in [0.15, 0.2) is 0 Å². The maximum Gasteiger partial charge on any atom is 0.0593 e. The lowest BCUT2D eigenvalue weighted by atomic mass is 9.76. The second-order valence-corrected chi connectivity index (χ2v) is 17.3. The van der Waals surface area contributed by atoms with Crippen molar-refractivity contribution in [1.82, 2.24) is 21.3 Å². The van der Waals surface area contributed by atoms with Gasteiger partial charge in [0, 0.05) is 66.8 Å². The molecule has 1 saturated carbocycles. The number of rotatable bonds is 10. The molecule has 19 unspecified atom stereocenters. The Morgan fingerprint density at radius 3 is 2.00 bits per heavy atom. The topological polar surface area (TPSA) is 77.6 Å². The molecule has 5 aliphatic heterocycles. The van der Waals surface area contributed by atoms with Crippen LogP contribution in [0.5, 0.6) is 0 Å². The molecule has 260 valence electrons. The Hall–Kier alpha value is -0.240. The van der Waals surface area contributed by atoms with Gasteiger partial charge >= 0.3 is 0 Å². The molecule has 0 aromatic heterocycles. The number of aliphatic hydroxyl groups excluding tert-OH is 1. The van der Waals surface area contributed by atoms with Crippen LogP contribution < -0.4 is 21.3 Å². The first-order chi connectivity index (χ1) is 21.7. The average Bonchev–Trinajstić information content (AvgIpc) is 3.76. The Morgan fingerprint density at radius 1 is 0.644 bits per heavy atom. The van der Waals surface area contributed by atoms with Crippen LogP contribution >= 0.6 is 0 Å². The van der Waals surface area contributed by atoms with E-state index < -0.39 is 0 Å². The smallest absolute Gasteiger partial charge is 0.0593 e. The molecule has 0 radical (unpaired) electrons. The fraction of sp³-hybridized carbons (Fsp3) is 1.00. The molecule has 19 atom stereocenters. The summed E-state index contributed by atoms with van der Waals surface area (Å²) in [6.07, 6.45) is 13.6. The van der Waals surface area contributed by atoms with Crippen molar-refractivity contribution in [2.45, 2.75) is 187 Å². The van der Waals surface area contributed by atoms with E-state index in [0.29, 0.717) is 102 Å². The number of fused-ring (bicyclic) bond motifs is 8. The van der Waals surface area contributed by atoms with E-state index in [1.807, 2.05) is 0 Å². The number of hydrogen-bond acceptors (Lipinski definition) is 6. The summed E-state index contributed by atoms with van der Waals surface area (Å²) in [5.41, 5.74) is 0. The van der Waals surface area contributed by atoms with Gasteiger partial charge in [0.1, 0.15) is 0 Å². The number of unbranched alkanes of at least 4 members (excludes halogenated alkanes) is 3. The van der Waals surface area contributed by atoms with Crippen molar-refractivity contribution >= 4 is 0 Å². The summed E-state index contributed by atoms with van der Waals surface area (Å²) < 4.78 is 6.68. The Balaban J connectivity index is 1.29. The minimum atomic E-state index is -0.170. The number of aliphatic hydroxyl groups is 1. The second kappa shape index (κ2) is 14.7. The average molecular weight is 629 g/mol. The molecule has 45 heavy (non-hydrogen) atoms. The minimum Gasteiger partial charge on any atom is -0.393 e.